The standard InChI is InChI=1S/C9H12O2/c10-9(11)8-4-6-2-1-3-7(6)5-8/h8H,1-5H2,(H,10,11). The molecule has 2 aliphatic carbocycles. The van der Waals surface area contributed by atoms with Crippen LogP contribution in [0, 0.1) is 5.92 Å². The molecule has 0 heterocycles. The molecule has 2 nitrogen and oxygen atoms in total. The second-order valence-electron chi connectivity index (χ2n) is 3.50. The summed E-state index contributed by atoms with van der Waals surface area (Å²) in [6.45, 7) is 0. The van der Waals surface area contributed by atoms with Crippen LogP contribution in [-0.4, -0.2) is 11.1 Å². The second kappa shape index (κ2) is 2.36. The lowest BCUT2D eigenvalue weighted by molar-refractivity contribution is -0.141. The Kier molecular flexibility index (Phi) is 1.48. The van der Waals surface area contributed by atoms with Gasteiger partial charge in [-0.2, -0.15) is 0 Å². The van der Waals surface area contributed by atoms with Gasteiger partial charge in [0.05, 0.1) is 5.92 Å². The van der Waals surface area contributed by atoms with Gasteiger partial charge in [0.1, 0.15) is 0 Å². The van der Waals surface area contributed by atoms with E-state index in [2.05, 4.69) is 0 Å². The van der Waals surface area contributed by atoms with E-state index in [1.807, 2.05) is 0 Å². The highest BCUT2D eigenvalue weighted by Gasteiger charge is 2.30. The Balaban J connectivity index is 2.06. The number of carboxylic acids is 1. The molecule has 60 valence electrons. The van der Waals surface area contributed by atoms with Crippen molar-refractivity contribution in [3.63, 3.8) is 0 Å². The zero-order valence-corrected chi connectivity index (χ0v) is 6.47. The minimum absolute atomic E-state index is 0.0831. The number of carbonyl (C=O) groups is 1. The molecule has 0 saturated heterocycles. The van der Waals surface area contributed by atoms with E-state index in [-0.39, 0.29) is 5.92 Å². The minimum Gasteiger partial charge on any atom is -0.481 e. The summed E-state index contributed by atoms with van der Waals surface area (Å²) in [7, 11) is 0. The van der Waals surface area contributed by atoms with Gasteiger partial charge >= 0.3 is 5.97 Å². The molecule has 0 unspecified atom stereocenters. The number of allylic oxidation sites excluding steroid dienone is 2. The Morgan fingerprint density at radius 2 is 1.82 bits per heavy atom. The molecule has 0 saturated carbocycles. The topological polar surface area (TPSA) is 37.3 Å². The van der Waals surface area contributed by atoms with Gasteiger partial charge in [0.15, 0.2) is 0 Å². The molecule has 0 fully saturated rings. The van der Waals surface area contributed by atoms with Gasteiger partial charge in [-0.15, -0.1) is 0 Å². The molecule has 0 radical (unpaired) electrons. The maximum Gasteiger partial charge on any atom is 0.307 e. The van der Waals surface area contributed by atoms with E-state index in [1.54, 1.807) is 0 Å². The zero-order chi connectivity index (χ0) is 7.84. The van der Waals surface area contributed by atoms with Crippen LogP contribution >= 0.6 is 0 Å². The fourth-order valence-corrected chi connectivity index (χ4v) is 2.20. The Bertz CT molecular complexity index is 212. The van der Waals surface area contributed by atoms with Gasteiger partial charge in [-0.25, -0.2) is 0 Å². The summed E-state index contributed by atoms with van der Waals surface area (Å²) in [6.07, 6.45) is 5.27. The number of aliphatic carboxylic acids is 1. The molecule has 0 spiro atoms. The molecule has 0 amide bonds. The predicted molar refractivity (Wildman–Crippen MR) is 41.2 cm³/mol. The number of carboxylic acid groups (broad SMARTS) is 1. The molecule has 0 aromatic rings. The molecule has 2 rings (SSSR count). The highest BCUT2D eigenvalue weighted by molar-refractivity contribution is 5.72. The molecule has 0 bridgehead atoms. The molecule has 2 heteroatoms. The van der Waals surface area contributed by atoms with Crippen LogP contribution in [0.15, 0.2) is 11.1 Å². The highest BCUT2D eigenvalue weighted by atomic mass is 16.4. The number of hydrogen-bond acceptors (Lipinski definition) is 1. The van der Waals surface area contributed by atoms with Crippen molar-refractivity contribution in [2.45, 2.75) is 32.1 Å². The summed E-state index contributed by atoms with van der Waals surface area (Å²) in [4.78, 5) is 10.6. The van der Waals surface area contributed by atoms with E-state index < -0.39 is 5.97 Å². The minimum atomic E-state index is -0.612. The maximum absolute atomic E-state index is 10.6. The molecular formula is C9H12O2. The molecular weight excluding hydrogens is 140 g/mol. The smallest absolute Gasteiger partial charge is 0.307 e. The molecule has 1 N–H and O–H groups in total. The third-order valence-corrected chi connectivity index (χ3v) is 2.79. The van der Waals surface area contributed by atoms with Crippen molar-refractivity contribution in [2.24, 2.45) is 5.92 Å². The quantitative estimate of drug-likeness (QED) is 0.583. The van der Waals surface area contributed by atoms with Crippen molar-refractivity contribution >= 4 is 5.97 Å². The van der Waals surface area contributed by atoms with E-state index in [9.17, 15) is 4.79 Å². The zero-order valence-electron chi connectivity index (χ0n) is 6.47. The molecule has 2 aliphatic rings. The SMILES string of the molecule is O=C(O)C1CC2=C(CCC2)C1. The van der Waals surface area contributed by atoms with E-state index in [0.717, 1.165) is 12.8 Å². The summed E-state index contributed by atoms with van der Waals surface area (Å²) in [6, 6.07) is 0. The van der Waals surface area contributed by atoms with Crippen LogP contribution in [0.2, 0.25) is 0 Å². The van der Waals surface area contributed by atoms with Crippen LogP contribution in [0.5, 0.6) is 0 Å². The third kappa shape index (κ3) is 1.06. The average molecular weight is 152 g/mol. The van der Waals surface area contributed by atoms with Crippen LogP contribution in [-0.2, 0) is 4.79 Å². The predicted octanol–water partition coefficient (Wildman–Crippen LogP) is 1.96. The van der Waals surface area contributed by atoms with Crippen molar-refractivity contribution in [3.8, 4) is 0 Å². The van der Waals surface area contributed by atoms with E-state index in [1.165, 1.54) is 30.4 Å². The van der Waals surface area contributed by atoms with Gasteiger partial charge < -0.3 is 5.11 Å². The van der Waals surface area contributed by atoms with Crippen LogP contribution < -0.4 is 0 Å². The first-order valence-corrected chi connectivity index (χ1v) is 4.20. The Morgan fingerprint density at radius 3 is 2.27 bits per heavy atom. The molecule has 0 aliphatic heterocycles. The number of hydrogen-bond donors (Lipinski definition) is 1. The lowest BCUT2D eigenvalue weighted by atomic mass is 10.0. The first kappa shape index (κ1) is 6.89. The fraction of sp³-hybridized carbons (Fsp3) is 0.667. The van der Waals surface area contributed by atoms with Gasteiger partial charge in [-0.05, 0) is 32.1 Å². The van der Waals surface area contributed by atoms with Crippen molar-refractivity contribution in [3.05, 3.63) is 11.1 Å². The van der Waals surface area contributed by atoms with Crippen molar-refractivity contribution in [2.75, 3.05) is 0 Å². The van der Waals surface area contributed by atoms with Crippen LogP contribution in [0.3, 0.4) is 0 Å². The van der Waals surface area contributed by atoms with Crippen LogP contribution in [0.25, 0.3) is 0 Å². The van der Waals surface area contributed by atoms with Crippen LogP contribution in [0.4, 0.5) is 0 Å². The van der Waals surface area contributed by atoms with Crippen molar-refractivity contribution in [1.29, 1.82) is 0 Å². The highest BCUT2D eigenvalue weighted by Crippen LogP contribution is 2.41. The first-order chi connectivity index (χ1) is 5.27. The van der Waals surface area contributed by atoms with Gasteiger partial charge in [0, 0.05) is 0 Å². The second-order valence-corrected chi connectivity index (χ2v) is 3.50. The molecule has 0 aromatic heterocycles. The number of rotatable bonds is 1. The fourth-order valence-electron chi connectivity index (χ4n) is 2.20. The molecule has 0 aromatic carbocycles. The summed E-state index contributed by atoms with van der Waals surface area (Å²) < 4.78 is 0. The van der Waals surface area contributed by atoms with Gasteiger partial charge in [-0.3, -0.25) is 4.79 Å². The van der Waals surface area contributed by atoms with E-state index in [0.29, 0.717) is 0 Å². The van der Waals surface area contributed by atoms with Crippen molar-refractivity contribution in [1.82, 2.24) is 0 Å². The Hall–Kier alpha value is -0.790. The lowest BCUT2D eigenvalue weighted by Crippen LogP contribution is -2.10. The maximum atomic E-state index is 10.6. The van der Waals surface area contributed by atoms with E-state index in [4.69, 9.17) is 5.11 Å². The first-order valence-electron chi connectivity index (χ1n) is 4.20. The van der Waals surface area contributed by atoms with Crippen molar-refractivity contribution < 1.29 is 9.90 Å². The van der Waals surface area contributed by atoms with E-state index >= 15 is 0 Å². The normalized spacial score (nSPS) is 24.4. The third-order valence-electron chi connectivity index (χ3n) is 2.79. The van der Waals surface area contributed by atoms with Crippen LogP contribution in [0.1, 0.15) is 32.1 Å². The van der Waals surface area contributed by atoms with Gasteiger partial charge in [-0.1, -0.05) is 11.1 Å². The van der Waals surface area contributed by atoms with Gasteiger partial charge in [0.25, 0.3) is 0 Å². The van der Waals surface area contributed by atoms with Gasteiger partial charge in [0.2, 0.25) is 0 Å². The summed E-state index contributed by atoms with van der Waals surface area (Å²) >= 11 is 0. The molecule has 0 atom stereocenters. The Labute approximate surface area is 65.9 Å². The average Bonchev–Trinajstić information content (AvgIpc) is 2.40. The monoisotopic (exact) mass is 152 g/mol. The molecule has 11 heavy (non-hydrogen) atoms. The largest absolute Gasteiger partial charge is 0.481 e. The lowest BCUT2D eigenvalue weighted by Gasteiger charge is -2.04. The Morgan fingerprint density at radius 1 is 1.27 bits per heavy atom. The summed E-state index contributed by atoms with van der Waals surface area (Å²) in [5.74, 6) is -0.695. The summed E-state index contributed by atoms with van der Waals surface area (Å²) in [5, 5.41) is 8.74. The summed E-state index contributed by atoms with van der Waals surface area (Å²) in [5.41, 5.74) is 2.91.